The first kappa shape index (κ1) is 22.8. The summed E-state index contributed by atoms with van der Waals surface area (Å²) in [4.78, 5) is 12.5. The molecule has 0 fully saturated rings. The predicted molar refractivity (Wildman–Crippen MR) is 119 cm³/mol. The SMILES string of the molecule is COC(=O)C(C)(C)C(CCC#N)c1ccc2c(c1)C(OCc1ccc(OC)cc1)CC2. The van der Waals surface area contributed by atoms with Crippen LogP contribution in [0, 0.1) is 16.7 Å². The molecule has 31 heavy (non-hydrogen) atoms. The summed E-state index contributed by atoms with van der Waals surface area (Å²) in [6.45, 7) is 4.32. The lowest BCUT2D eigenvalue weighted by Gasteiger charge is -2.32. The Balaban J connectivity index is 1.81. The average molecular weight is 422 g/mol. The third kappa shape index (κ3) is 5.08. The van der Waals surface area contributed by atoms with Crippen molar-refractivity contribution in [1.29, 1.82) is 5.26 Å². The van der Waals surface area contributed by atoms with E-state index in [0.717, 1.165) is 29.7 Å². The molecule has 1 aliphatic carbocycles. The molecule has 0 heterocycles. The molecule has 2 unspecified atom stereocenters. The first-order valence-corrected chi connectivity index (χ1v) is 10.7. The van der Waals surface area contributed by atoms with E-state index in [1.165, 1.54) is 18.2 Å². The number of aryl methyl sites for hydroxylation is 1. The van der Waals surface area contributed by atoms with Gasteiger partial charge in [0.1, 0.15) is 5.75 Å². The van der Waals surface area contributed by atoms with Gasteiger partial charge in [-0.25, -0.2) is 0 Å². The quantitative estimate of drug-likeness (QED) is 0.501. The number of methoxy groups -OCH3 is 2. The average Bonchev–Trinajstić information content (AvgIpc) is 3.19. The van der Waals surface area contributed by atoms with Crippen molar-refractivity contribution >= 4 is 5.97 Å². The minimum Gasteiger partial charge on any atom is -0.497 e. The number of carbonyl (C=O) groups is 1. The number of nitriles is 1. The highest BCUT2D eigenvalue weighted by Gasteiger charge is 2.39. The van der Waals surface area contributed by atoms with Gasteiger partial charge < -0.3 is 14.2 Å². The smallest absolute Gasteiger partial charge is 0.311 e. The van der Waals surface area contributed by atoms with Crippen LogP contribution in [0.15, 0.2) is 42.5 Å². The standard InChI is InChI=1S/C26H31NO4/c1-26(2,25(28)30-4)23(6-5-15-27)20-10-9-19-11-14-24(22(19)16-20)31-17-18-7-12-21(29-3)13-8-18/h7-10,12-13,16,23-24H,5-6,11,14,17H2,1-4H3. The van der Waals surface area contributed by atoms with E-state index in [-0.39, 0.29) is 18.0 Å². The topological polar surface area (TPSA) is 68.6 Å². The molecule has 0 radical (unpaired) electrons. The fourth-order valence-corrected chi connectivity index (χ4v) is 4.45. The minimum atomic E-state index is -0.724. The zero-order valence-electron chi connectivity index (χ0n) is 18.8. The normalized spacial score (nSPS) is 16.3. The van der Waals surface area contributed by atoms with E-state index >= 15 is 0 Å². The Kier molecular flexibility index (Phi) is 7.35. The first-order valence-electron chi connectivity index (χ1n) is 10.7. The van der Waals surface area contributed by atoms with E-state index in [1.807, 2.05) is 38.1 Å². The van der Waals surface area contributed by atoms with Gasteiger partial charge in [0.15, 0.2) is 0 Å². The van der Waals surface area contributed by atoms with Gasteiger partial charge in [0.05, 0.1) is 38.4 Å². The minimum absolute atomic E-state index is 0.0231. The Morgan fingerprint density at radius 2 is 1.94 bits per heavy atom. The Morgan fingerprint density at radius 1 is 1.19 bits per heavy atom. The fourth-order valence-electron chi connectivity index (χ4n) is 4.45. The van der Waals surface area contributed by atoms with E-state index in [1.54, 1.807) is 7.11 Å². The molecule has 0 aromatic heterocycles. The third-order valence-electron chi connectivity index (χ3n) is 6.33. The van der Waals surface area contributed by atoms with E-state index in [4.69, 9.17) is 19.5 Å². The molecule has 5 heteroatoms. The van der Waals surface area contributed by atoms with E-state index in [0.29, 0.717) is 19.4 Å². The second-order valence-electron chi connectivity index (χ2n) is 8.61. The summed E-state index contributed by atoms with van der Waals surface area (Å²) in [6.07, 6.45) is 2.94. The van der Waals surface area contributed by atoms with Crippen LogP contribution >= 0.6 is 0 Å². The molecule has 0 aliphatic heterocycles. The lowest BCUT2D eigenvalue weighted by Crippen LogP contribution is -2.32. The number of hydrogen-bond acceptors (Lipinski definition) is 5. The molecule has 0 saturated carbocycles. The molecule has 0 spiro atoms. The molecule has 164 valence electrons. The molecule has 2 aromatic rings. The zero-order chi connectivity index (χ0) is 22.4. The van der Waals surface area contributed by atoms with Crippen LogP contribution in [0.2, 0.25) is 0 Å². The van der Waals surface area contributed by atoms with Crippen LogP contribution in [-0.2, 0) is 27.3 Å². The van der Waals surface area contributed by atoms with Crippen LogP contribution in [0.4, 0.5) is 0 Å². The lowest BCUT2D eigenvalue weighted by molar-refractivity contribution is -0.152. The number of fused-ring (bicyclic) bond motifs is 1. The number of esters is 1. The number of benzene rings is 2. The maximum atomic E-state index is 12.5. The molecule has 0 saturated heterocycles. The predicted octanol–water partition coefficient (Wildman–Crippen LogP) is 5.49. The number of ether oxygens (including phenoxy) is 3. The van der Waals surface area contributed by atoms with Gasteiger partial charge in [0.25, 0.3) is 0 Å². The highest BCUT2D eigenvalue weighted by atomic mass is 16.5. The summed E-state index contributed by atoms with van der Waals surface area (Å²) in [6, 6.07) is 16.5. The molecule has 1 aliphatic rings. The third-order valence-corrected chi connectivity index (χ3v) is 6.33. The monoisotopic (exact) mass is 421 g/mol. The highest BCUT2D eigenvalue weighted by molar-refractivity contribution is 5.77. The van der Waals surface area contributed by atoms with Crippen LogP contribution in [0.1, 0.15) is 67.4 Å². The number of nitrogens with zero attached hydrogens (tertiary/aromatic N) is 1. The van der Waals surface area contributed by atoms with Gasteiger partial charge in [0, 0.05) is 12.3 Å². The van der Waals surface area contributed by atoms with E-state index < -0.39 is 5.41 Å². The largest absolute Gasteiger partial charge is 0.497 e. The van der Waals surface area contributed by atoms with Crippen molar-refractivity contribution in [2.45, 2.75) is 58.2 Å². The summed E-state index contributed by atoms with van der Waals surface area (Å²) in [5.41, 5.74) is 3.92. The fraction of sp³-hybridized carbons (Fsp3) is 0.462. The number of hydrogen-bond donors (Lipinski definition) is 0. The molecule has 0 bridgehead atoms. The Morgan fingerprint density at radius 3 is 2.58 bits per heavy atom. The van der Waals surface area contributed by atoms with Gasteiger partial charge in [0.2, 0.25) is 0 Å². The van der Waals surface area contributed by atoms with Crippen molar-refractivity contribution in [2.75, 3.05) is 14.2 Å². The Hall–Kier alpha value is -2.84. The molecule has 2 aromatic carbocycles. The van der Waals surface area contributed by atoms with Crippen molar-refractivity contribution in [1.82, 2.24) is 0 Å². The van der Waals surface area contributed by atoms with Gasteiger partial charge in [-0.1, -0.05) is 30.3 Å². The van der Waals surface area contributed by atoms with Gasteiger partial charge in [-0.2, -0.15) is 5.26 Å². The molecular weight excluding hydrogens is 390 g/mol. The van der Waals surface area contributed by atoms with Gasteiger partial charge in [-0.3, -0.25) is 4.79 Å². The second-order valence-corrected chi connectivity index (χ2v) is 8.61. The summed E-state index contributed by atoms with van der Waals surface area (Å²) in [5, 5.41) is 9.14. The molecule has 5 nitrogen and oxygen atoms in total. The molecule has 2 atom stereocenters. The summed E-state index contributed by atoms with van der Waals surface area (Å²) in [5.74, 6) is 0.465. The molecule has 0 amide bonds. The summed E-state index contributed by atoms with van der Waals surface area (Å²) in [7, 11) is 3.07. The van der Waals surface area contributed by atoms with E-state index in [2.05, 4.69) is 24.3 Å². The highest BCUT2D eigenvalue weighted by Crippen LogP contribution is 2.43. The molecular formula is C26H31NO4. The molecule has 3 rings (SSSR count). The Labute approximate surface area is 184 Å². The maximum Gasteiger partial charge on any atom is 0.311 e. The van der Waals surface area contributed by atoms with Crippen LogP contribution in [-0.4, -0.2) is 20.2 Å². The Bertz CT molecular complexity index is 943. The van der Waals surface area contributed by atoms with Crippen molar-refractivity contribution in [3.8, 4) is 11.8 Å². The second kappa shape index (κ2) is 9.98. The lowest BCUT2D eigenvalue weighted by atomic mass is 9.72. The van der Waals surface area contributed by atoms with Crippen LogP contribution in [0.3, 0.4) is 0 Å². The van der Waals surface area contributed by atoms with Gasteiger partial charge >= 0.3 is 5.97 Å². The summed E-state index contributed by atoms with van der Waals surface area (Å²) < 4.78 is 16.5. The van der Waals surface area contributed by atoms with Gasteiger partial charge in [-0.05, 0) is 67.5 Å². The van der Waals surface area contributed by atoms with E-state index in [9.17, 15) is 4.79 Å². The van der Waals surface area contributed by atoms with Crippen molar-refractivity contribution in [3.63, 3.8) is 0 Å². The van der Waals surface area contributed by atoms with Crippen LogP contribution in [0.5, 0.6) is 5.75 Å². The van der Waals surface area contributed by atoms with Crippen molar-refractivity contribution < 1.29 is 19.0 Å². The van der Waals surface area contributed by atoms with Gasteiger partial charge in [-0.15, -0.1) is 0 Å². The summed E-state index contributed by atoms with van der Waals surface area (Å²) >= 11 is 0. The number of carbonyl (C=O) groups excluding carboxylic acids is 1. The van der Waals surface area contributed by atoms with Crippen molar-refractivity contribution in [3.05, 3.63) is 64.7 Å². The van der Waals surface area contributed by atoms with Crippen LogP contribution < -0.4 is 4.74 Å². The van der Waals surface area contributed by atoms with Crippen LogP contribution in [0.25, 0.3) is 0 Å². The molecule has 0 N–H and O–H groups in total. The van der Waals surface area contributed by atoms with Crippen molar-refractivity contribution in [2.24, 2.45) is 5.41 Å². The maximum absolute atomic E-state index is 12.5. The zero-order valence-corrected chi connectivity index (χ0v) is 18.8. The number of rotatable bonds is 9. The first-order chi connectivity index (χ1) is 14.9.